The fourth-order valence-corrected chi connectivity index (χ4v) is 2.37. The van der Waals surface area contributed by atoms with Crippen molar-refractivity contribution in [3.05, 3.63) is 0 Å². The molecule has 1 atom stereocenters. The molecule has 0 bridgehead atoms. The van der Waals surface area contributed by atoms with Gasteiger partial charge in [0, 0.05) is 12.6 Å². The van der Waals surface area contributed by atoms with E-state index in [1.54, 1.807) is 0 Å². The molecule has 0 aliphatic carbocycles. The minimum Gasteiger partial charge on any atom is -0.368 e. The zero-order valence-electron chi connectivity index (χ0n) is 6.92. The van der Waals surface area contributed by atoms with Crippen LogP contribution in [-0.4, -0.2) is 28.8 Å². The topological polar surface area (TPSA) is 57.5 Å². The summed E-state index contributed by atoms with van der Waals surface area (Å²) in [5.74, 6) is 0. The van der Waals surface area contributed by atoms with Gasteiger partial charge in [-0.1, -0.05) is 13.3 Å². The Morgan fingerprint density at radius 3 is 2.45 bits per heavy atom. The van der Waals surface area contributed by atoms with E-state index in [1.165, 1.54) is 0 Å². The highest BCUT2D eigenvalue weighted by atomic mass is 31.1. The summed E-state index contributed by atoms with van der Waals surface area (Å²) in [4.78, 5) is 0. The fraction of sp³-hybridized carbons (Fsp3) is 1.00. The highest BCUT2D eigenvalue weighted by molar-refractivity contribution is 7.44. The lowest BCUT2D eigenvalue weighted by atomic mass is 10.4. The van der Waals surface area contributed by atoms with Gasteiger partial charge in [0.1, 0.15) is 0 Å². The zero-order chi connectivity index (χ0) is 8.69. The van der Waals surface area contributed by atoms with Gasteiger partial charge in [-0.25, -0.2) is 0 Å². The van der Waals surface area contributed by atoms with E-state index in [9.17, 15) is 4.57 Å². The summed E-state index contributed by atoms with van der Waals surface area (Å²) in [6.45, 7) is 2.05. The van der Waals surface area contributed by atoms with Gasteiger partial charge in [0.05, 0.1) is 7.80 Å². The van der Waals surface area contributed by atoms with Crippen molar-refractivity contribution in [3.63, 3.8) is 0 Å². The van der Waals surface area contributed by atoms with Gasteiger partial charge in [0.25, 0.3) is 0 Å². The number of hydrogen-bond acceptors (Lipinski definition) is 3. The Bertz CT molecular complexity index is 114. The van der Waals surface area contributed by atoms with E-state index in [0.29, 0.717) is 6.16 Å². The first kappa shape index (κ1) is 11.2. The summed E-state index contributed by atoms with van der Waals surface area (Å²) in [5, 5.41) is 16.9. The van der Waals surface area contributed by atoms with E-state index in [0.717, 1.165) is 19.0 Å². The first-order valence-electron chi connectivity index (χ1n) is 4.04. The zero-order valence-corrected chi connectivity index (χ0v) is 7.92. The van der Waals surface area contributed by atoms with Gasteiger partial charge in [-0.2, -0.15) is 0 Å². The molecule has 0 saturated heterocycles. The van der Waals surface area contributed by atoms with Crippen LogP contribution in [0.1, 0.15) is 26.2 Å². The Labute approximate surface area is 68.2 Å². The van der Waals surface area contributed by atoms with Gasteiger partial charge in [-0.05, 0) is 12.6 Å². The molecule has 0 aromatic rings. The molecular formula is C7H17O3P. The standard InChI is InChI=1S/C7H17O3P/c1-2-3-5-11(10)6-4-7(8)9/h7-9,11H,2-6H2,1H3. The summed E-state index contributed by atoms with van der Waals surface area (Å²) >= 11 is 0. The van der Waals surface area contributed by atoms with E-state index in [4.69, 9.17) is 10.2 Å². The molecule has 3 nitrogen and oxygen atoms in total. The Kier molecular flexibility index (Phi) is 6.93. The molecule has 0 rings (SSSR count). The number of hydrogen-bond donors (Lipinski definition) is 2. The van der Waals surface area contributed by atoms with Gasteiger partial charge in [0.15, 0.2) is 6.29 Å². The predicted molar refractivity (Wildman–Crippen MR) is 46.5 cm³/mol. The molecule has 0 heterocycles. The predicted octanol–water partition coefficient (Wildman–Crippen LogP) is 1.05. The van der Waals surface area contributed by atoms with Crippen LogP contribution in [0, 0.1) is 0 Å². The highest BCUT2D eigenvalue weighted by Gasteiger charge is 2.02. The second-order valence-electron chi connectivity index (χ2n) is 2.66. The molecule has 68 valence electrons. The van der Waals surface area contributed by atoms with Gasteiger partial charge in [0.2, 0.25) is 0 Å². The van der Waals surface area contributed by atoms with E-state index < -0.39 is 14.1 Å². The summed E-state index contributed by atoms with van der Waals surface area (Å²) in [6.07, 6.45) is 2.24. The summed E-state index contributed by atoms with van der Waals surface area (Å²) < 4.78 is 11.1. The van der Waals surface area contributed by atoms with Crippen molar-refractivity contribution in [1.29, 1.82) is 0 Å². The molecule has 0 saturated carbocycles. The minimum atomic E-state index is -1.52. The number of aliphatic hydroxyl groups is 2. The molecule has 4 heteroatoms. The van der Waals surface area contributed by atoms with Crippen molar-refractivity contribution < 1.29 is 14.8 Å². The van der Waals surface area contributed by atoms with Crippen molar-refractivity contribution in [2.75, 3.05) is 12.3 Å². The van der Waals surface area contributed by atoms with Crippen molar-refractivity contribution >= 4 is 7.80 Å². The van der Waals surface area contributed by atoms with Crippen LogP contribution in [0.15, 0.2) is 0 Å². The maximum absolute atomic E-state index is 11.1. The minimum absolute atomic E-state index is 0.251. The molecule has 2 N–H and O–H groups in total. The van der Waals surface area contributed by atoms with E-state index in [1.807, 2.05) is 0 Å². The van der Waals surface area contributed by atoms with E-state index in [2.05, 4.69) is 6.92 Å². The second kappa shape index (κ2) is 6.84. The van der Waals surface area contributed by atoms with Crippen LogP contribution in [0.3, 0.4) is 0 Å². The molecule has 0 aliphatic rings. The third kappa shape index (κ3) is 8.05. The van der Waals surface area contributed by atoms with Crippen LogP contribution in [-0.2, 0) is 4.57 Å². The van der Waals surface area contributed by atoms with Gasteiger partial charge >= 0.3 is 0 Å². The Balaban J connectivity index is 3.23. The molecule has 0 radical (unpaired) electrons. The Hall–Kier alpha value is 0.150. The largest absolute Gasteiger partial charge is 0.368 e. The molecular weight excluding hydrogens is 163 g/mol. The number of unbranched alkanes of at least 4 members (excludes halogenated alkanes) is 1. The highest BCUT2D eigenvalue weighted by Crippen LogP contribution is 2.23. The van der Waals surface area contributed by atoms with Crippen LogP contribution in [0.2, 0.25) is 0 Å². The lowest BCUT2D eigenvalue weighted by molar-refractivity contribution is -0.0407. The molecule has 0 amide bonds. The lowest BCUT2D eigenvalue weighted by Crippen LogP contribution is -2.05. The van der Waals surface area contributed by atoms with Crippen molar-refractivity contribution in [2.24, 2.45) is 0 Å². The molecule has 11 heavy (non-hydrogen) atoms. The number of aliphatic hydroxyl groups excluding tert-OH is 1. The Morgan fingerprint density at radius 1 is 1.36 bits per heavy atom. The van der Waals surface area contributed by atoms with E-state index in [-0.39, 0.29) is 6.42 Å². The fourth-order valence-electron chi connectivity index (χ4n) is 0.789. The van der Waals surface area contributed by atoms with Crippen molar-refractivity contribution in [1.82, 2.24) is 0 Å². The molecule has 0 spiro atoms. The van der Waals surface area contributed by atoms with E-state index >= 15 is 0 Å². The quantitative estimate of drug-likeness (QED) is 0.474. The summed E-state index contributed by atoms with van der Waals surface area (Å²) in [7, 11) is -1.52. The second-order valence-corrected chi connectivity index (χ2v) is 4.74. The first-order valence-corrected chi connectivity index (χ1v) is 5.87. The average Bonchev–Trinajstić information content (AvgIpc) is 1.97. The average molecular weight is 180 g/mol. The smallest absolute Gasteiger partial charge is 0.151 e. The van der Waals surface area contributed by atoms with Gasteiger partial charge in [-0.15, -0.1) is 0 Å². The SMILES string of the molecule is CCCC[PH](=O)CCC(O)O. The molecule has 0 fully saturated rings. The van der Waals surface area contributed by atoms with Gasteiger partial charge in [-0.3, -0.25) is 0 Å². The van der Waals surface area contributed by atoms with Crippen molar-refractivity contribution in [2.45, 2.75) is 32.5 Å². The lowest BCUT2D eigenvalue weighted by Gasteiger charge is -2.02. The normalized spacial score (nSPS) is 13.8. The van der Waals surface area contributed by atoms with Crippen LogP contribution < -0.4 is 0 Å². The summed E-state index contributed by atoms with van der Waals surface area (Å²) in [5.41, 5.74) is 0. The molecule has 0 aliphatic heterocycles. The van der Waals surface area contributed by atoms with Crippen LogP contribution >= 0.6 is 7.80 Å². The summed E-state index contributed by atoms with van der Waals surface area (Å²) in [6, 6.07) is 0. The first-order chi connectivity index (χ1) is 5.16. The molecule has 0 aromatic heterocycles. The van der Waals surface area contributed by atoms with Gasteiger partial charge < -0.3 is 14.8 Å². The van der Waals surface area contributed by atoms with Crippen LogP contribution in [0.25, 0.3) is 0 Å². The monoisotopic (exact) mass is 180 g/mol. The third-order valence-corrected chi connectivity index (χ3v) is 3.25. The van der Waals surface area contributed by atoms with Crippen LogP contribution in [0.5, 0.6) is 0 Å². The van der Waals surface area contributed by atoms with Crippen molar-refractivity contribution in [3.8, 4) is 0 Å². The maximum atomic E-state index is 11.1. The maximum Gasteiger partial charge on any atom is 0.151 e. The van der Waals surface area contributed by atoms with Crippen LogP contribution in [0.4, 0.5) is 0 Å². The molecule has 0 aromatic carbocycles. The Morgan fingerprint density at radius 2 is 2.00 bits per heavy atom. The third-order valence-electron chi connectivity index (χ3n) is 1.49. The number of rotatable bonds is 6. The molecule has 1 unspecified atom stereocenters.